The quantitative estimate of drug-likeness (QED) is 0.689. The van der Waals surface area contributed by atoms with Crippen molar-refractivity contribution in [2.24, 2.45) is 0 Å². The Morgan fingerprint density at radius 2 is 1.67 bits per heavy atom. The van der Waals surface area contributed by atoms with Crippen molar-refractivity contribution < 1.29 is 4.79 Å². The Morgan fingerprint density at radius 1 is 0.963 bits per heavy atom. The molecule has 1 saturated heterocycles. The predicted octanol–water partition coefficient (Wildman–Crippen LogP) is 3.90. The lowest BCUT2D eigenvalue weighted by Gasteiger charge is -2.35. The minimum absolute atomic E-state index is 0.177. The van der Waals surface area contributed by atoms with E-state index in [4.69, 9.17) is 0 Å². The Morgan fingerprint density at radius 3 is 2.33 bits per heavy atom. The molecule has 2 heterocycles. The van der Waals surface area contributed by atoms with E-state index >= 15 is 0 Å². The third-order valence-corrected chi connectivity index (χ3v) is 6.38. The fraction of sp³-hybridized carbons (Fsp3) is 0.500. The molecule has 1 aromatic heterocycles. The minimum atomic E-state index is 0.177. The number of amides is 1. The molecule has 1 amide bonds. The zero-order valence-electron chi connectivity index (χ0n) is 16.6. The third kappa shape index (κ3) is 5.41. The summed E-state index contributed by atoms with van der Waals surface area (Å²) in [4.78, 5) is 22.1. The van der Waals surface area contributed by atoms with Gasteiger partial charge < -0.3 is 9.80 Å². The molecule has 1 aliphatic rings. The first-order valence-electron chi connectivity index (χ1n) is 10.1. The van der Waals surface area contributed by atoms with Crippen LogP contribution in [0.2, 0.25) is 0 Å². The van der Waals surface area contributed by atoms with Crippen molar-refractivity contribution in [1.82, 2.24) is 14.7 Å². The fourth-order valence-corrected chi connectivity index (χ4v) is 4.52. The molecule has 146 valence electrons. The van der Waals surface area contributed by atoms with Gasteiger partial charge in [-0.1, -0.05) is 44.2 Å². The Balaban J connectivity index is 1.59. The lowest BCUT2D eigenvalue weighted by atomic mass is 10.2. The van der Waals surface area contributed by atoms with Crippen molar-refractivity contribution in [2.45, 2.75) is 20.3 Å². The predicted molar refractivity (Wildman–Crippen MR) is 115 cm³/mol. The molecule has 3 rings (SSSR count). The summed E-state index contributed by atoms with van der Waals surface area (Å²) in [7, 11) is 0. The van der Waals surface area contributed by atoms with Crippen LogP contribution in [-0.2, 0) is 0 Å². The van der Waals surface area contributed by atoms with E-state index < -0.39 is 0 Å². The number of nitrogens with zero attached hydrogens (tertiary/aromatic N) is 3. The number of carbonyl (C=O) groups excluding carboxylic acids is 1. The molecule has 0 N–H and O–H groups in total. The zero-order valence-corrected chi connectivity index (χ0v) is 17.4. The first-order chi connectivity index (χ1) is 13.2. The summed E-state index contributed by atoms with van der Waals surface area (Å²) >= 11 is 1.60. The molecular weight excluding hydrogens is 354 g/mol. The number of carbonyl (C=O) groups is 1. The lowest BCUT2D eigenvalue weighted by molar-refractivity contribution is 0.0713. The molecule has 0 spiro atoms. The van der Waals surface area contributed by atoms with Gasteiger partial charge in [0, 0.05) is 50.7 Å². The Hall–Kier alpha value is -1.69. The highest BCUT2D eigenvalue weighted by Crippen LogP contribution is 2.28. The standard InChI is InChI=1S/C22H31N3OS/c1-3-12-25(18-17-24-15-13-23(4-2)14-16-24)22(26)21-11-10-20(27-21)19-8-6-5-7-9-19/h5-11H,3-4,12-18H2,1-2H3. The van der Waals surface area contributed by atoms with E-state index in [0.717, 1.165) is 68.5 Å². The SMILES string of the molecule is CCCN(CCN1CCN(CC)CC1)C(=O)c1ccc(-c2ccccc2)s1. The monoisotopic (exact) mass is 385 g/mol. The zero-order chi connectivity index (χ0) is 19.1. The average molecular weight is 386 g/mol. The van der Waals surface area contributed by atoms with E-state index in [2.05, 4.69) is 41.8 Å². The number of piperazine rings is 1. The summed E-state index contributed by atoms with van der Waals surface area (Å²) in [5.41, 5.74) is 1.18. The summed E-state index contributed by atoms with van der Waals surface area (Å²) < 4.78 is 0. The molecule has 2 aromatic rings. The van der Waals surface area contributed by atoms with Crippen molar-refractivity contribution in [3.8, 4) is 10.4 Å². The number of hydrogen-bond donors (Lipinski definition) is 0. The highest BCUT2D eigenvalue weighted by atomic mass is 32.1. The van der Waals surface area contributed by atoms with Crippen LogP contribution in [0.1, 0.15) is 29.9 Å². The van der Waals surface area contributed by atoms with Gasteiger partial charge in [-0.05, 0) is 30.7 Å². The molecule has 1 aliphatic heterocycles. The maximum Gasteiger partial charge on any atom is 0.263 e. The van der Waals surface area contributed by atoms with Crippen LogP contribution in [0.3, 0.4) is 0 Å². The van der Waals surface area contributed by atoms with Crippen molar-refractivity contribution in [3.05, 3.63) is 47.3 Å². The summed E-state index contributed by atoms with van der Waals surface area (Å²) in [5.74, 6) is 0.177. The molecule has 0 aliphatic carbocycles. The van der Waals surface area contributed by atoms with Crippen molar-refractivity contribution in [3.63, 3.8) is 0 Å². The van der Waals surface area contributed by atoms with Crippen LogP contribution in [0.5, 0.6) is 0 Å². The van der Waals surface area contributed by atoms with Crippen LogP contribution in [0.25, 0.3) is 10.4 Å². The number of rotatable bonds is 8. The van der Waals surface area contributed by atoms with E-state index in [9.17, 15) is 4.79 Å². The molecule has 0 bridgehead atoms. The fourth-order valence-electron chi connectivity index (χ4n) is 3.54. The number of benzene rings is 1. The van der Waals surface area contributed by atoms with Gasteiger partial charge in [-0.25, -0.2) is 0 Å². The normalized spacial score (nSPS) is 15.8. The lowest BCUT2D eigenvalue weighted by Crippen LogP contribution is -2.48. The van der Waals surface area contributed by atoms with E-state index in [1.54, 1.807) is 11.3 Å². The second-order valence-corrected chi connectivity index (χ2v) is 8.18. The second-order valence-electron chi connectivity index (χ2n) is 7.10. The molecule has 1 fully saturated rings. The van der Waals surface area contributed by atoms with E-state index in [-0.39, 0.29) is 5.91 Å². The first kappa shape index (κ1) is 20.1. The second kappa shape index (κ2) is 10.0. The van der Waals surface area contributed by atoms with Gasteiger partial charge in [0.1, 0.15) is 0 Å². The van der Waals surface area contributed by atoms with Crippen molar-refractivity contribution in [1.29, 1.82) is 0 Å². The minimum Gasteiger partial charge on any atom is -0.337 e. The Bertz CT molecular complexity index is 707. The summed E-state index contributed by atoms with van der Waals surface area (Å²) in [5, 5.41) is 0. The van der Waals surface area contributed by atoms with Crippen molar-refractivity contribution >= 4 is 17.2 Å². The smallest absolute Gasteiger partial charge is 0.263 e. The van der Waals surface area contributed by atoms with Crippen LogP contribution < -0.4 is 0 Å². The molecule has 4 nitrogen and oxygen atoms in total. The van der Waals surface area contributed by atoms with E-state index in [1.165, 1.54) is 5.56 Å². The Labute approximate surface area is 167 Å². The van der Waals surface area contributed by atoms with Gasteiger partial charge in [0.25, 0.3) is 5.91 Å². The molecule has 0 unspecified atom stereocenters. The van der Waals surface area contributed by atoms with Crippen LogP contribution in [0, 0.1) is 0 Å². The summed E-state index contributed by atoms with van der Waals surface area (Å²) in [6, 6.07) is 14.3. The van der Waals surface area contributed by atoms with Crippen LogP contribution in [0.15, 0.2) is 42.5 Å². The number of thiophene rings is 1. The van der Waals surface area contributed by atoms with Gasteiger partial charge in [-0.3, -0.25) is 9.69 Å². The first-order valence-corrected chi connectivity index (χ1v) is 10.9. The van der Waals surface area contributed by atoms with Crippen LogP contribution in [-0.4, -0.2) is 73.0 Å². The Kier molecular flexibility index (Phi) is 7.44. The third-order valence-electron chi connectivity index (χ3n) is 5.25. The molecule has 0 saturated carbocycles. The number of likely N-dealkylation sites (N-methyl/N-ethyl adjacent to an activating group) is 1. The van der Waals surface area contributed by atoms with Gasteiger partial charge >= 0.3 is 0 Å². The maximum atomic E-state index is 13.1. The van der Waals surface area contributed by atoms with Crippen LogP contribution >= 0.6 is 11.3 Å². The highest BCUT2D eigenvalue weighted by molar-refractivity contribution is 7.17. The molecular formula is C22H31N3OS. The molecule has 5 heteroatoms. The van der Waals surface area contributed by atoms with Gasteiger partial charge in [-0.2, -0.15) is 0 Å². The van der Waals surface area contributed by atoms with Gasteiger partial charge in [0.15, 0.2) is 0 Å². The van der Waals surface area contributed by atoms with Gasteiger partial charge in [0.2, 0.25) is 0 Å². The largest absolute Gasteiger partial charge is 0.337 e. The molecule has 0 radical (unpaired) electrons. The molecule has 0 atom stereocenters. The number of hydrogen-bond acceptors (Lipinski definition) is 4. The summed E-state index contributed by atoms with van der Waals surface area (Å²) in [6.07, 6.45) is 0.992. The van der Waals surface area contributed by atoms with Gasteiger partial charge in [-0.15, -0.1) is 11.3 Å². The van der Waals surface area contributed by atoms with E-state index in [0.29, 0.717) is 0 Å². The van der Waals surface area contributed by atoms with Crippen LogP contribution in [0.4, 0.5) is 0 Å². The summed E-state index contributed by atoms with van der Waals surface area (Å²) in [6.45, 7) is 12.6. The average Bonchev–Trinajstić information content (AvgIpc) is 3.22. The molecule has 1 aromatic carbocycles. The topological polar surface area (TPSA) is 26.8 Å². The molecule has 27 heavy (non-hydrogen) atoms. The van der Waals surface area contributed by atoms with E-state index in [1.807, 2.05) is 29.2 Å². The highest BCUT2D eigenvalue weighted by Gasteiger charge is 2.20. The maximum absolute atomic E-state index is 13.1. The van der Waals surface area contributed by atoms with Crippen molar-refractivity contribution in [2.75, 3.05) is 52.4 Å². The van der Waals surface area contributed by atoms with Gasteiger partial charge in [0.05, 0.1) is 4.88 Å².